The van der Waals surface area contributed by atoms with Gasteiger partial charge in [-0.15, -0.1) is 11.3 Å². The van der Waals surface area contributed by atoms with Gasteiger partial charge in [-0.05, 0) is 47.9 Å². The van der Waals surface area contributed by atoms with E-state index in [-0.39, 0.29) is 11.4 Å². The molecule has 0 bridgehead atoms. The number of hydrazone groups is 1. The number of benzene rings is 2. The van der Waals surface area contributed by atoms with Crippen LogP contribution in [0.15, 0.2) is 81.3 Å². The van der Waals surface area contributed by atoms with Crippen LogP contribution >= 0.6 is 27.3 Å². The molecular formula is C21H16BrN3O3S. The van der Waals surface area contributed by atoms with Crippen LogP contribution in [0.2, 0.25) is 0 Å². The lowest BCUT2D eigenvalue weighted by Gasteiger charge is -2.08. The lowest BCUT2D eigenvalue weighted by Crippen LogP contribution is -2.32. The Hall–Kier alpha value is -3.23. The van der Waals surface area contributed by atoms with E-state index >= 15 is 0 Å². The molecule has 0 spiro atoms. The molecule has 1 heterocycles. The van der Waals surface area contributed by atoms with Gasteiger partial charge in [0.25, 0.3) is 11.8 Å². The Morgan fingerprint density at radius 3 is 2.59 bits per heavy atom. The lowest BCUT2D eigenvalue weighted by atomic mass is 10.2. The number of rotatable bonds is 6. The number of aromatic hydroxyl groups is 1. The van der Waals surface area contributed by atoms with Crippen LogP contribution in [0.3, 0.4) is 0 Å². The van der Waals surface area contributed by atoms with Gasteiger partial charge in [-0.2, -0.15) is 5.10 Å². The first-order chi connectivity index (χ1) is 14.0. The topological polar surface area (TPSA) is 90.8 Å². The van der Waals surface area contributed by atoms with Crippen molar-refractivity contribution < 1.29 is 14.7 Å². The van der Waals surface area contributed by atoms with E-state index in [9.17, 15) is 14.7 Å². The number of halogens is 1. The monoisotopic (exact) mass is 469 g/mol. The molecule has 1 aromatic heterocycles. The van der Waals surface area contributed by atoms with Crippen molar-refractivity contribution >= 4 is 51.4 Å². The SMILES string of the molecule is O=C(N/N=C\c1cc(Br)ccc1O)/C(=C/c1cccs1)NC(=O)c1ccccc1. The Bertz CT molecular complexity index is 1060. The number of nitrogens with zero attached hydrogens (tertiary/aromatic N) is 1. The minimum atomic E-state index is -0.589. The van der Waals surface area contributed by atoms with Crippen molar-refractivity contribution in [3.05, 3.63) is 92.2 Å². The molecule has 0 radical (unpaired) electrons. The first-order valence-electron chi connectivity index (χ1n) is 8.46. The summed E-state index contributed by atoms with van der Waals surface area (Å²) in [6.45, 7) is 0. The third-order valence-electron chi connectivity index (χ3n) is 3.72. The Labute approximate surface area is 179 Å². The van der Waals surface area contributed by atoms with Crippen molar-refractivity contribution in [2.45, 2.75) is 0 Å². The van der Waals surface area contributed by atoms with Gasteiger partial charge in [0, 0.05) is 20.5 Å². The van der Waals surface area contributed by atoms with E-state index in [4.69, 9.17) is 0 Å². The smallest absolute Gasteiger partial charge is 0.287 e. The number of carbonyl (C=O) groups excluding carboxylic acids is 2. The van der Waals surface area contributed by atoms with E-state index < -0.39 is 11.8 Å². The number of hydrogen-bond donors (Lipinski definition) is 3. The Morgan fingerprint density at radius 2 is 1.86 bits per heavy atom. The first kappa shape index (κ1) is 20.5. The van der Waals surface area contributed by atoms with Crippen molar-refractivity contribution in [2.24, 2.45) is 5.10 Å². The highest BCUT2D eigenvalue weighted by Crippen LogP contribution is 2.20. The van der Waals surface area contributed by atoms with Gasteiger partial charge in [-0.3, -0.25) is 9.59 Å². The number of amides is 2. The van der Waals surface area contributed by atoms with E-state index in [0.29, 0.717) is 11.1 Å². The van der Waals surface area contributed by atoms with Crippen LogP contribution in [-0.2, 0) is 4.79 Å². The zero-order valence-electron chi connectivity index (χ0n) is 15.0. The van der Waals surface area contributed by atoms with Crippen LogP contribution in [-0.4, -0.2) is 23.1 Å². The summed E-state index contributed by atoms with van der Waals surface area (Å²) in [6.07, 6.45) is 2.90. The zero-order chi connectivity index (χ0) is 20.6. The van der Waals surface area contributed by atoms with Gasteiger partial charge in [-0.25, -0.2) is 5.43 Å². The van der Waals surface area contributed by atoms with Crippen molar-refractivity contribution in [1.29, 1.82) is 0 Å². The molecule has 0 aliphatic heterocycles. The summed E-state index contributed by atoms with van der Waals surface area (Å²) in [5, 5.41) is 18.2. The molecule has 146 valence electrons. The summed E-state index contributed by atoms with van der Waals surface area (Å²) in [5.74, 6) is -0.969. The van der Waals surface area contributed by atoms with E-state index in [2.05, 4.69) is 31.8 Å². The van der Waals surface area contributed by atoms with Crippen molar-refractivity contribution in [3.8, 4) is 5.75 Å². The van der Waals surface area contributed by atoms with Crippen molar-refractivity contribution in [2.75, 3.05) is 0 Å². The molecule has 3 N–H and O–H groups in total. The van der Waals surface area contributed by atoms with Crippen LogP contribution < -0.4 is 10.7 Å². The number of nitrogens with one attached hydrogen (secondary N) is 2. The largest absolute Gasteiger partial charge is 0.507 e. The molecule has 0 aliphatic carbocycles. The second-order valence-corrected chi connectivity index (χ2v) is 7.69. The standard InChI is InChI=1S/C21H16BrN3O3S/c22-16-8-9-19(26)15(11-16)13-23-25-21(28)18(12-17-7-4-10-29-17)24-20(27)14-5-2-1-3-6-14/h1-13,26H,(H,24,27)(H,25,28)/b18-12-,23-13-. The second-order valence-electron chi connectivity index (χ2n) is 5.80. The van der Waals surface area contributed by atoms with Gasteiger partial charge in [0.15, 0.2) is 0 Å². The molecule has 0 saturated carbocycles. The fraction of sp³-hybridized carbons (Fsp3) is 0. The van der Waals surface area contributed by atoms with Gasteiger partial charge < -0.3 is 10.4 Å². The molecule has 3 rings (SSSR count). The molecule has 3 aromatic rings. The summed E-state index contributed by atoms with van der Waals surface area (Å²) in [6, 6.07) is 17.1. The van der Waals surface area contributed by atoms with Crippen molar-refractivity contribution in [1.82, 2.24) is 10.7 Å². The van der Waals surface area contributed by atoms with E-state index in [0.717, 1.165) is 9.35 Å². The Balaban J connectivity index is 1.77. The molecular weight excluding hydrogens is 454 g/mol. The highest BCUT2D eigenvalue weighted by Gasteiger charge is 2.14. The van der Waals surface area contributed by atoms with E-state index in [1.807, 2.05) is 17.5 Å². The summed E-state index contributed by atoms with van der Waals surface area (Å²) in [7, 11) is 0. The highest BCUT2D eigenvalue weighted by molar-refractivity contribution is 9.10. The number of phenols is 1. The number of phenolic OH excluding ortho intramolecular Hbond substituents is 1. The highest BCUT2D eigenvalue weighted by atomic mass is 79.9. The fourth-order valence-corrected chi connectivity index (χ4v) is 3.34. The fourth-order valence-electron chi connectivity index (χ4n) is 2.31. The third-order valence-corrected chi connectivity index (χ3v) is 5.03. The summed E-state index contributed by atoms with van der Waals surface area (Å²) >= 11 is 4.74. The molecule has 0 fully saturated rings. The van der Waals surface area contributed by atoms with E-state index in [1.165, 1.54) is 23.6 Å². The molecule has 29 heavy (non-hydrogen) atoms. The predicted molar refractivity (Wildman–Crippen MR) is 118 cm³/mol. The van der Waals surface area contributed by atoms with Crippen LogP contribution in [0.25, 0.3) is 6.08 Å². The van der Waals surface area contributed by atoms with E-state index in [1.54, 1.807) is 48.5 Å². The van der Waals surface area contributed by atoms with Crippen LogP contribution in [0.1, 0.15) is 20.8 Å². The predicted octanol–water partition coefficient (Wildman–Crippen LogP) is 4.14. The molecule has 8 heteroatoms. The average Bonchev–Trinajstić information content (AvgIpc) is 3.23. The van der Waals surface area contributed by atoms with Crippen LogP contribution in [0, 0.1) is 0 Å². The van der Waals surface area contributed by atoms with Gasteiger partial charge in [0.1, 0.15) is 11.4 Å². The molecule has 2 amide bonds. The molecule has 0 aliphatic rings. The third kappa shape index (κ3) is 5.87. The van der Waals surface area contributed by atoms with Gasteiger partial charge in [0.05, 0.1) is 6.21 Å². The minimum absolute atomic E-state index is 0.0259. The summed E-state index contributed by atoms with van der Waals surface area (Å²) in [4.78, 5) is 25.9. The number of thiophene rings is 1. The Morgan fingerprint density at radius 1 is 1.07 bits per heavy atom. The second kappa shape index (κ2) is 9.81. The maximum absolute atomic E-state index is 12.6. The van der Waals surface area contributed by atoms with Gasteiger partial charge >= 0.3 is 0 Å². The zero-order valence-corrected chi connectivity index (χ0v) is 17.4. The Kier molecular flexibility index (Phi) is 6.94. The van der Waals surface area contributed by atoms with Crippen molar-refractivity contribution in [3.63, 3.8) is 0 Å². The maximum Gasteiger partial charge on any atom is 0.287 e. The summed E-state index contributed by atoms with van der Waals surface area (Å²) in [5.41, 5.74) is 3.28. The lowest BCUT2D eigenvalue weighted by molar-refractivity contribution is -0.117. The molecule has 6 nitrogen and oxygen atoms in total. The summed E-state index contributed by atoms with van der Waals surface area (Å²) < 4.78 is 0.761. The minimum Gasteiger partial charge on any atom is -0.507 e. The molecule has 0 saturated heterocycles. The van der Waals surface area contributed by atoms with Crippen LogP contribution in [0.4, 0.5) is 0 Å². The number of hydrogen-bond acceptors (Lipinski definition) is 5. The average molecular weight is 470 g/mol. The van der Waals surface area contributed by atoms with Crippen LogP contribution in [0.5, 0.6) is 5.75 Å². The number of carbonyl (C=O) groups is 2. The molecule has 2 aromatic carbocycles. The quantitative estimate of drug-likeness (QED) is 0.287. The van der Waals surface area contributed by atoms with Gasteiger partial charge in [-0.1, -0.05) is 40.2 Å². The van der Waals surface area contributed by atoms with Gasteiger partial charge in [0.2, 0.25) is 0 Å². The maximum atomic E-state index is 12.6. The first-order valence-corrected chi connectivity index (χ1v) is 10.1. The molecule has 0 unspecified atom stereocenters. The molecule has 0 atom stereocenters. The normalized spacial score (nSPS) is 11.4.